The van der Waals surface area contributed by atoms with Crippen LogP contribution in [0.25, 0.3) is 0 Å². The zero-order valence-electron chi connectivity index (χ0n) is 14.8. The average molecular weight is 338 g/mol. The minimum Gasteiger partial charge on any atom is -0.396 e. The van der Waals surface area contributed by atoms with E-state index in [0.717, 1.165) is 12.8 Å². The summed E-state index contributed by atoms with van der Waals surface area (Å²) in [5.74, 6) is 0. The molecule has 0 aromatic carbocycles. The molecule has 0 saturated heterocycles. The summed E-state index contributed by atoms with van der Waals surface area (Å²) >= 11 is 0. The van der Waals surface area contributed by atoms with Crippen LogP contribution < -0.4 is 0 Å². The number of hydrogen-bond acceptors (Lipinski definition) is 7. The molecule has 4 unspecified atom stereocenters. The monoisotopic (exact) mass is 338 g/mol. The largest absolute Gasteiger partial charge is 0.396 e. The van der Waals surface area contributed by atoms with Gasteiger partial charge in [-0.2, -0.15) is 0 Å². The minimum atomic E-state index is -1.16. The minimum absolute atomic E-state index is 0.0410. The smallest absolute Gasteiger partial charge is 0.164 e. The molecule has 7 heteroatoms. The van der Waals surface area contributed by atoms with Gasteiger partial charge in [0.2, 0.25) is 0 Å². The highest BCUT2D eigenvalue weighted by molar-refractivity contribution is 4.84. The van der Waals surface area contributed by atoms with Crippen molar-refractivity contribution in [2.75, 3.05) is 40.6 Å². The Kier molecular flexibility index (Phi) is 11.2. The number of aliphatic hydroxyl groups excluding tert-OH is 4. The molecule has 0 aliphatic rings. The van der Waals surface area contributed by atoms with E-state index in [4.69, 9.17) is 14.2 Å². The van der Waals surface area contributed by atoms with Gasteiger partial charge >= 0.3 is 0 Å². The van der Waals surface area contributed by atoms with E-state index in [-0.39, 0.29) is 26.4 Å². The van der Waals surface area contributed by atoms with E-state index < -0.39 is 23.4 Å². The Morgan fingerprint density at radius 3 is 1.74 bits per heavy atom. The summed E-state index contributed by atoms with van der Waals surface area (Å²) in [4.78, 5) is 0. The number of hydrogen-bond donors (Lipinski definition) is 4. The van der Waals surface area contributed by atoms with Crippen molar-refractivity contribution in [2.24, 2.45) is 10.8 Å². The molecule has 4 atom stereocenters. The van der Waals surface area contributed by atoms with Crippen molar-refractivity contribution >= 4 is 0 Å². The van der Waals surface area contributed by atoms with Gasteiger partial charge in [-0.05, 0) is 12.8 Å². The normalized spacial score (nSPS) is 19.8. The van der Waals surface area contributed by atoms with Crippen LogP contribution in [0, 0.1) is 10.8 Å². The summed E-state index contributed by atoms with van der Waals surface area (Å²) in [5.41, 5.74) is -1.88. The number of aliphatic hydroxyl groups is 4. The molecule has 0 heterocycles. The predicted octanol–water partition coefficient (Wildman–Crippen LogP) is 0.490. The van der Waals surface area contributed by atoms with Gasteiger partial charge in [-0.15, -0.1) is 0 Å². The Morgan fingerprint density at radius 1 is 0.870 bits per heavy atom. The van der Waals surface area contributed by atoms with Crippen LogP contribution in [-0.2, 0) is 14.2 Å². The second-order valence-electron chi connectivity index (χ2n) is 6.17. The molecule has 7 nitrogen and oxygen atoms in total. The van der Waals surface area contributed by atoms with Gasteiger partial charge in [0.05, 0.1) is 37.3 Å². The quantitative estimate of drug-likeness (QED) is 0.341. The molecule has 0 saturated carbocycles. The van der Waals surface area contributed by atoms with E-state index >= 15 is 0 Å². The highest BCUT2D eigenvalue weighted by atomic mass is 16.6. The van der Waals surface area contributed by atoms with Gasteiger partial charge in [-0.3, -0.25) is 0 Å². The maximum Gasteiger partial charge on any atom is 0.164 e. The molecule has 0 amide bonds. The fraction of sp³-hybridized carbons (Fsp3) is 1.00. The highest BCUT2D eigenvalue weighted by Crippen LogP contribution is 2.32. The Bertz CT molecular complexity index is 296. The first-order valence-electron chi connectivity index (χ1n) is 8.13. The molecule has 0 spiro atoms. The van der Waals surface area contributed by atoms with Gasteiger partial charge in [0.15, 0.2) is 12.6 Å². The summed E-state index contributed by atoms with van der Waals surface area (Å²) < 4.78 is 15.6. The average Bonchev–Trinajstić information content (AvgIpc) is 2.60. The number of methoxy groups -OCH3 is 2. The maximum absolute atomic E-state index is 10.1. The lowest BCUT2D eigenvalue weighted by Gasteiger charge is -2.38. The van der Waals surface area contributed by atoms with Crippen molar-refractivity contribution in [1.29, 1.82) is 0 Å². The number of ether oxygens (including phenoxy) is 3. The molecule has 0 bridgehead atoms. The van der Waals surface area contributed by atoms with Gasteiger partial charge in [-0.25, -0.2) is 0 Å². The van der Waals surface area contributed by atoms with E-state index in [0.29, 0.717) is 12.8 Å². The zero-order valence-corrected chi connectivity index (χ0v) is 14.8. The van der Waals surface area contributed by atoms with Gasteiger partial charge in [0.1, 0.15) is 0 Å². The van der Waals surface area contributed by atoms with Gasteiger partial charge in [-0.1, -0.05) is 26.7 Å². The molecule has 4 N–H and O–H groups in total. The fourth-order valence-electron chi connectivity index (χ4n) is 2.54. The van der Waals surface area contributed by atoms with Crippen LogP contribution in [0.5, 0.6) is 0 Å². The lowest BCUT2D eigenvalue weighted by molar-refractivity contribution is -0.220. The lowest BCUT2D eigenvalue weighted by atomic mass is 9.82. The topological polar surface area (TPSA) is 109 Å². The van der Waals surface area contributed by atoms with Crippen LogP contribution in [0.1, 0.15) is 39.5 Å². The summed E-state index contributed by atoms with van der Waals surface area (Å²) in [6.45, 7) is 3.35. The number of unbranched alkanes of at least 4 members (excludes halogenated alkanes) is 1. The molecule has 0 aromatic heterocycles. The van der Waals surface area contributed by atoms with Crippen molar-refractivity contribution in [1.82, 2.24) is 0 Å². The van der Waals surface area contributed by atoms with E-state index in [1.54, 1.807) is 0 Å². The first kappa shape index (κ1) is 22.7. The predicted molar refractivity (Wildman–Crippen MR) is 85.7 cm³/mol. The third-order valence-corrected chi connectivity index (χ3v) is 4.64. The van der Waals surface area contributed by atoms with Crippen LogP contribution in [-0.4, -0.2) is 73.7 Å². The summed E-state index contributed by atoms with van der Waals surface area (Å²) in [7, 11) is 2.73. The molecule has 23 heavy (non-hydrogen) atoms. The second-order valence-corrected chi connectivity index (χ2v) is 6.17. The Hall–Kier alpha value is -0.280. The molecule has 0 aliphatic carbocycles. The number of rotatable bonds is 14. The van der Waals surface area contributed by atoms with Gasteiger partial charge in [0, 0.05) is 14.2 Å². The van der Waals surface area contributed by atoms with Crippen molar-refractivity contribution in [3.05, 3.63) is 0 Å². The van der Waals surface area contributed by atoms with E-state index in [2.05, 4.69) is 0 Å². The van der Waals surface area contributed by atoms with Crippen molar-refractivity contribution in [3.63, 3.8) is 0 Å². The maximum atomic E-state index is 10.1. The summed E-state index contributed by atoms with van der Waals surface area (Å²) in [6, 6.07) is 0. The van der Waals surface area contributed by atoms with Crippen molar-refractivity contribution in [3.8, 4) is 0 Å². The summed E-state index contributed by atoms with van der Waals surface area (Å²) in [5, 5.41) is 39.5. The summed E-state index contributed by atoms with van der Waals surface area (Å²) in [6.07, 6.45) is 0.396. The van der Waals surface area contributed by atoms with E-state index in [9.17, 15) is 20.4 Å². The van der Waals surface area contributed by atoms with Crippen LogP contribution in [0.15, 0.2) is 0 Å². The molecule has 0 rings (SSSR count). The Balaban J connectivity index is 4.95. The van der Waals surface area contributed by atoms with Crippen molar-refractivity contribution < 1.29 is 34.6 Å². The van der Waals surface area contributed by atoms with Crippen LogP contribution >= 0.6 is 0 Å². The third-order valence-electron chi connectivity index (χ3n) is 4.64. The van der Waals surface area contributed by atoms with Gasteiger partial charge in [0.25, 0.3) is 0 Å². The van der Waals surface area contributed by atoms with E-state index in [1.165, 1.54) is 14.2 Å². The molecule has 140 valence electrons. The fourth-order valence-corrected chi connectivity index (χ4v) is 2.54. The Morgan fingerprint density at radius 2 is 1.35 bits per heavy atom. The van der Waals surface area contributed by atoms with Gasteiger partial charge < -0.3 is 34.6 Å². The Labute approximate surface area is 139 Å². The molecule has 0 fully saturated rings. The van der Waals surface area contributed by atoms with Crippen LogP contribution in [0.3, 0.4) is 0 Å². The zero-order chi connectivity index (χ0) is 17.9. The third kappa shape index (κ3) is 5.94. The first-order valence-corrected chi connectivity index (χ1v) is 8.13. The molecule has 0 aromatic rings. The standard InChI is InChI=1S/C16H34O7/c1-5-7-8-16(10-18,14(20)22-4)12-23-11-15(6-2,9-17)13(19)21-3/h13-14,17-20H,5-12H2,1-4H3. The van der Waals surface area contributed by atoms with E-state index in [1.807, 2.05) is 13.8 Å². The molecular formula is C16H34O7. The van der Waals surface area contributed by atoms with Crippen molar-refractivity contribution in [2.45, 2.75) is 52.1 Å². The lowest BCUT2D eigenvalue weighted by Crippen LogP contribution is -2.47. The van der Waals surface area contributed by atoms with Crippen LogP contribution in [0.2, 0.25) is 0 Å². The highest BCUT2D eigenvalue weighted by Gasteiger charge is 2.41. The second kappa shape index (κ2) is 11.3. The SMILES string of the molecule is CCCCC(CO)(COCC(CC)(CO)C(O)OC)C(O)OC. The molecular weight excluding hydrogens is 304 g/mol. The first-order chi connectivity index (χ1) is 10.9. The van der Waals surface area contributed by atoms with Crippen LogP contribution in [0.4, 0.5) is 0 Å². The molecule has 0 aliphatic heterocycles. The molecule has 0 radical (unpaired) electrons.